The van der Waals surface area contributed by atoms with Crippen molar-refractivity contribution < 1.29 is 14.7 Å². The SMILES string of the molecule is O=C(O)c1cccc2c1C(=O)N(C1CCN(Cc3ccc[nH]3)CC1)C2. The molecule has 2 aliphatic heterocycles. The number of aromatic carboxylic acids is 1. The van der Waals surface area contributed by atoms with Crippen molar-refractivity contribution in [1.29, 1.82) is 0 Å². The van der Waals surface area contributed by atoms with Crippen LogP contribution in [-0.4, -0.2) is 50.9 Å². The van der Waals surface area contributed by atoms with Crippen molar-refractivity contribution in [2.24, 2.45) is 0 Å². The minimum atomic E-state index is -1.03. The number of likely N-dealkylation sites (tertiary alicyclic amines) is 1. The normalized spacial score (nSPS) is 18.6. The third-order valence-corrected chi connectivity index (χ3v) is 5.25. The lowest BCUT2D eigenvalue weighted by molar-refractivity contribution is 0.0579. The number of piperidine rings is 1. The lowest BCUT2D eigenvalue weighted by Gasteiger charge is -2.36. The van der Waals surface area contributed by atoms with Crippen LogP contribution in [0.3, 0.4) is 0 Å². The van der Waals surface area contributed by atoms with E-state index in [2.05, 4.69) is 16.0 Å². The molecule has 1 aromatic carbocycles. The molecule has 4 rings (SSSR count). The zero-order valence-corrected chi connectivity index (χ0v) is 13.9. The van der Waals surface area contributed by atoms with Crippen molar-refractivity contribution in [3.05, 3.63) is 58.9 Å². The number of benzene rings is 1. The first kappa shape index (κ1) is 15.9. The highest BCUT2D eigenvalue weighted by Crippen LogP contribution is 2.30. The van der Waals surface area contributed by atoms with Crippen molar-refractivity contribution in [2.45, 2.75) is 32.0 Å². The maximum atomic E-state index is 12.8. The van der Waals surface area contributed by atoms with Crippen LogP contribution in [-0.2, 0) is 13.1 Å². The average Bonchev–Trinajstić information content (AvgIpc) is 3.24. The second-order valence-electron chi connectivity index (χ2n) is 6.78. The number of aromatic nitrogens is 1. The molecule has 1 amide bonds. The third-order valence-electron chi connectivity index (χ3n) is 5.25. The molecule has 0 spiro atoms. The minimum Gasteiger partial charge on any atom is -0.478 e. The van der Waals surface area contributed by atoms with E-state index in [9.17, 15) is 14.7 Å². The smallest absolute Gasteiger partial charge is 0.336 e. The first-order valence-corrected chi connectivity index (χ1v) is 8.64. The lowest BCUT2D eigenvalue weighted by atomic mass is 10.0. The van der Waals surface area contributed by atoms with Gasteiger partial charge in [-0.3, -0.25) is 9.69 Å². The number of carbonyl (C=O) groups is 2. The van der Waals surface area contributed by atoms with E-state index in [4.69, 9.17) is 0 Å². The Balaban J connectivity index is 1.43. The van der Waals surface area contributed by atoms with Gasteiger partial charge in [0.05, 0.1) is 11.1 Å². The van der Waals surface area contributed by atoms with E-state index in [-0.39, 0.29) is 17.5 Å². The predicted octanol–water partition coefficient (Wildman–Crippen LogP) is 2.33. The summed E-state index contributed by atoms with van der Waals surface area (Å²) in [7, 11) is 0. The summed E-state index contributed by atoms with van der Waals surface area (Å²) in [6, 6.07) is 9.36. The second-order valence-corrected chi connectivity index (χ2v) is 6.78. The molecular weight excluding hydrogens is 318 g/mol. The molecule has 2 aromatic rings. The number of amides is 1. The summed E-state index contributed by atoms with van der Waals surface area (Å²) in [5.74, 6) is -1.16. The van der Waals surface area contributed by atoms with Crippen LogP contribution in [0.2, 0.25) is 0 Å². The van der Waals surface area contributed by atoms with Gasteiger partial charge in [0, 0.05) is 44.1 Å². The lowest BCUT2D eigenvalue weighted by Crippen LogP contribution is -2.44. The molecule has 6 heteroatoms. The van der Waals surface area contributed by atoms with Gasteiger partial charge in [0.25, 0.3) is 5.91 Å². The van der Waals surface area contributed by atoms with Gasteiger partial charge in [-0.2, -0.15) is 0 Å². The molecule has 6 nitrogen and oxygen atoms in total. The molecule has 0 saturated carbocycles. The molecular formula is C19H21N3O3. The second kappa shape index (κ2) is 6.37. The molecule has 2 N–H and O–H groups in total. The van der Waals surface area contributed by atoms with Gasteiger partial charge in [0.15, 0.2) is 0 Å². The summed E-state index contributed by atoms with van der Waals surface area (Å²) in [5.41, 5.74) is 2.53. The fourth-order valence-corrected chi connectivity index (χ4v) is 3.95. The standard InChI is InChI=1S/C19H21N3O3/c23-18-17-13(3-1-5-16(17)19(24)25)11-22(18)15-6-9-21(10-7-15)12-14-4-2-8-20-14/h1-5,8,15,20H,6-7,9-12H2,(H,24,25). The fourth-order valence-electron chi connectivity index (χ4n) is 3.95. The Hall–Kier alpha value is -2.60. The first-order chi connectivity index (χ1) is 12.1. The highest BCUT2D eigenvalue weighted by atomic mass is 16.4. The Labute approximate surface area is 146 Å². The summed E-state index contributed by atoms with van der Waals surface area (Å²) < 4.78 is 0. The highest BCUT2D eigenvalue weighted by Gasteiger charge is 2.36. The van der Waals surface area contributed by atoms with Crippen LogP contribution < -0.4 is 0 Å². The Bertz CT molecular complexity index is 792. The molecule has 3 heterocycles. The summed E-state index contributed by atoms with van der Waals surface area (Å²) in [4.78, 5) is 31.7. The number of carboxylic acids is 1. The molecule has 1 fully saturated rings. The zero-order valence-electron chi connectivity index (χ0n) is 13.9. The number of fused-ring (bicyclic) bond motifs is 1. The van der Waals surface area contributed by atoms with E-state index in [1.54, 1.807) is 6.07 Å². The maximum Gasteiger partial charge on any atom is 0.336 e. The van der Waals surface area contributed by atoms with Gasteiger partial charge in [0.1, 0.15) is 0 Å². The molecule has 0 radical (unpaired) electrons. The zero-order chi connectivity index (χ0) is 17.4. The molecule has 1 saturated heterocycles. The minimum absolute atomic E-state index is 0.120. The molecule has 0 atom stereocenters. The highest BCUT2D eigenvalue weighted by molar-refractivity contribution is 6.07. The molecule has 25 heavy (non-hydrogen) atoms. The largest absolute Gasteiger partial charge is 0.478 e. The summed E-state index contributed by atoms with van der Waals surface area (Å²) in [5, 5.41) is 9.34. The van der Waals surface area contributed by atoms with Crippen LogP contribution in [0.25, 0.3) is 0 Å². The first-order valence-electron chi connectivity index (χ1n) is 8.64. The van der Waals surface area contributed by atoms with Gasteiger partial charge in [-0.05, 0) is 36.6 Å². The van der Waals surface area contributed by atoms with Crippen LogP contribution in [0.4, 0.5) is 0 Å². The van der Waals surface area contributed by atoms with Gasteiger partial charge in [-0.25, -0.2) is 4.79 Å². The average molecular weight is 339 g/mol. The molecule has 0 bridgehead atoms. The number of aromatic amines is 1. The molecule has 0 aliphatic carbocycles. The monoisotopic (exact) mass is 339 g/mol. The van der Waals surface area contributed by atoms with Crippen LogP contribution in [0, 0.1) is 0 Å². The Kier molecular flexibility index (Phi) is 4.05. The Morgan fingerprint density at radius 2 is 2.00 bits per heavy atom. The molecule has 0 unspecified atom stereocenters. The maximum absolute atomic E-state index is 12.8. The van der Waals surface area contributed by atoms with E-state index < -0.39 is 5.97 Å². The van der Waals surface area contributed by atoms with E-state index in [1.165, 1.54) is 11.8 Å². The fraction of sp³-hybridized carbons (Fsp3) is 0.368. The number of H-pyrrole nitrogens is 1. The van der Waals surface area contributed by atoms with Crippen molar-refractivity contribution in [3.8, 4) is 0 Å². The van der Waals surface area contributed by atoms with Crippen molar-refractivity contribution in [1.82, 2.24) is 14.8 Å². The quantitative estimate of drug-likeness (QED) is 0.896. The summed E-state index contributed by atoms with van der Waals surface area (Å²) in [6.45, 7) is 3.30. The van der Waals surface area contributed by atoms with Gasteiger partial charge >= 0.3 is 5.97 Å². The predicted molar refractivity (Wildman–Crippen MR) is 92.4 cm³/mol. The molecule has 130 valence electrons. The number of rotatable bonds is 4. The molecule has 1 aromatic heterocycles. The topological polar surface area (TPSA) is 76.6 Å². The van der Waals surface area contributed by atoms with Crippen molar-refractivity contribution >= 4 is 11.9 Å². The van der Waals surface area contributed by atoms with E-state index in [0.717, 1.165) is 38.0 Å². The van der Waals surface area contributed by atoms with E-state index >= 15 is 0 Å². The summed E-state index contributed by atoms with van der Waals surface area (Å²) >= 11 is 0. The van der Waals surface area contributed by atoms with E-state index in [1.807, 2.05) is 23.2 Å². The number of nitrogens with one attached hydrogen (secondary N) is 1. The Morgan fingerprint density at radius 3 is 2.68 bits per heavy atom. The van der Waals surface area contributed by atoms with Crippen LogP contribution in [0.15, 0.2) is 36.5 Å². The van der Waals surface area contributed by atoms with E-state index in [0.29, 0.717) is 12.1 Å². The third kappa shape index (κ3) is 2.93. The number of carboxylic acid groups (broad SMARTS) is 1. The Morgan fingerprint density at radius 1 is 1.20 bits per heavy atom. The summed E-state index contributed by atoms with van der Waals surface area (Å²) in [6.07, 6.45) is 3.77. The van der Waals surface area contributed by atoms with Crippen LogP contribution in [0.1, 0.15) is 44.8 Å². The molecule has 2 aliphatic rings. The van der Waals surface area contributed by atoms with Crippen molar-refractivity contribution in [2.75, 3.05) is 13.1 Å². The van der Waals surface area contributed by atoms with Gasteiger partial charge in [-0.1, -0.05) is 12.1 Å². The van der Waals surface area contributed by atoms with Gasteiger partial charge in [-0.15, -0.1) is 0 Å². The van der Waals surface area contributed by atoms with Crippen LogP contribution >= 0.6 is 0 Å². The van der Waals surface area contributed by atoms with Gasteiger partial charge < -0.3 is 15.0 Å². The van der Waals surface area contributed by atoms with Crippen LogP contribution in [0.5, 0.6) is 0 Å². The van der Waals surface area contributed by atoms with Gasteiger partial charge in [0.2, 0.25) is 0 Å². The number of nitrogens with zero attached hydrogens (tertiary/aromatic N) is 2. The number of carbonyl (C=O) groups excluding carboxylic acids is 1. The number of hydrogen-bond acceptors (Lipinski definition) is 3. The van der Waals surface area contributed by atoms with Crippen molar-refractivity contribution in [3.63, 3.8) is 0 Å². The number of hydrogen-bond donors (Lipinski definition) is 2.